The highest BCUT2D eigenvalue weighted by Gasteiger charge is 2.37. The van der Waals surface area contributed by atoms with E-state index in [-0.39, 0.29) is 12.2 Å². The summed E-state index contributed by atoms with van der Waals surface area (Å²) in [7, 11) is -3.49. The maximum atomic E-state index is 13.2. The summed E-state index contributed by atoms with van der Waals surface area (Å²) in [5, 5.41) is 4.83. The second-order valence-corrected chi connectivity index (χ2v) is 11.5. The van der Waals surface area contributed by atoms with Crippen molar-refractivity contribution >= 4 is 22.4 Å². The van der Waals surface area contributed by atoms with Gasteiger partial charge in [-0.1, -0.05) is 0 Å². The van der Waals surface area contributed by atoms with E-state index >= 15 is 0 Å². The molecule has 0 aromatic carbocycles. The first kappa shape index (κ1) is 23.1. The summed E-state index contributed by atoms with van der Waals surface area (Å²) in [6.45, 7) is 7.36. The van der Waals surface area contributed by atoms with E-state index in [4.69, 9.17) is 22.1 Å². The zero-order valence-electron chi connectivity index (χ0n) is 19.1. The zero-order chi connectivity index (χ0) is 23.2. The second kappa shape index (κ2) is 9.16. The van der Waals surface area contributed by atoms with Gasteiger partial charge in [0.1, 0.15) is 0 Å². The number of pyridine rings is 1. The van der Waals surface area contributed by atoms with Crippen LogP contribution in [0.1, 0.15) is 32.7 Å². The first-order valence-corrected chi connectivity index (χ1v) is 13.4. The van der Waals surface area contributed by atoms with E-state index in [1.807, 2.05) is 36.9 Å². The lowest BCUT2D eigenvalue weighted by atomic mass is 10.3. The van der Waals surface area contributed by atoms with Gasteiger partial charge in [0.05, 0.1) is 18.9 Å². The molecule has 0 bridgehead atoms. The molecule has 0 N–H and O–H groups in total. The molecule has 3 fully saturated rings. The number of ether oxygens (including phenoxy) is 1. The molecule has 0 spiro atoms. The first-order chi connectivity index (χ1) is 15.8. The summed E-state index contributed by atoms with van der Waals surface area (Å²) in [5.74, 6) is 0.854. The Morgan fingerprint density at radius 2 is 1.79 bits per heavy atom. The van der Waals surface area contributed by atoms with Crippen molar-refractivity contribution in [2.45, 2.75) is 51.6 Å². The van der Waals surface area contributed by atoms with E-state index in [1.54, 1.807) is 14.8 Å². The monoisotopic (exact) mass is 493 g/mol. The Kier molecular flexibility index (Phi) is 6.40. The van der Waals surface area contributed by atoms with Crippen molar-refractivity contribution in [2.75, 3.05) is 39.3 Å². The van der Waals surface area contributed by atoms with Crippen LogP contribution in [0.25, 0.3) is 11.4 Å². The van der Waals surface area contributed by atoms with Gasteiger partial charge < -0.3 is 4.74 Å². The van der Waals surface area contributed by atoms with Gasteiger partial charge >= 0.3 is 0 Å². The summed E-state index contributed by atoms with van der Waals surface area (Å²) < 4.78 is 39.9. The highest BCUT2D eigenvalue weighted by atomic mass is 32.2. The molecule has 0 radical (unpaired) electrons. The van der Waals surface area contributed by atoms with Crippen molar-refractivity contribution in [2.24, 2.45) is 0 Å². The van der Waals surface area contributed by atoms with Crippen LogP contribution in [0.15, 0.2) is 24.5 Å². The Labute approximate surface area is 199 Å². The molecule has 1 saturated carbocycles. The SMILES string of the molecule is CC1CN(S(=O)(=O)N2CCN(Cn3nc(-c4cccnc4)n(C4CC4)c3=S)CC2)CC(C)O1. The van der Waals surface area contributed by atoms with Crippen LogP contribution in [0, 0.1) is 4.77 Å². The Bertz CT molecular complexity index is 1130. The number of rotatable bonds is 6. The van der Waals surface area contributed by atoms with Crippen molar-refractivity contribution < 1.29 is 13.2 Å². The van der Waals surface area contributed by atoms with Crippen LogP contribution < -0.4 is 0 Å². The quantitative estimate of drug-likeness (QED) is 0.567. The van der Waals surface area contributed by atoms with E-state index in [9.17, 15) is 8.42 Å². The molecule has 2 aliphatic heterocycles. The molecule has 2 aromatic heterocycles. The zero-order valence-corrected chi connectivity index (χ0v) is 20.7. The fourth-order valence-electron chi connectivity index (χ4n) is 4.64. The standard InChI is InChI=1S/C21H31N7O3S2/c1-16-13-26(14-17(2)31-16)33(29,30)25-10-8-24(9-11-25)15-27-21(32)28(19-5-6-19)20(23-27)18-4-3-7-22-12-18/h3-4,7,12,16-17,19H,5-6,8-11,13-15H2,1-2H3. The predicted molar refractivity (Wildman–Crippen MR) is 126 cm³/mol. The largest absolute Gasteiger partial charge is 0.373 e. The second-order valence-electron chi connectivity index (χ2n) is 9.19. The number of piperazine rings is 1. The first-order valence-electron chi connectivity index (χ1n) is 11.6. The number of morpholine rings is 1. The fourth-order valence-corrected chi connectivity index (χ4v) is 6.72. The summed E-state index contributed by atoms with van der Waals surface area (Å²) in [5.41, 5.74) is 0.958. The molecule has 2 saturated heterocycles. The van der Waals surface area contributed by atoms with E-state index in [1.165, 1.54) is 0 Å². The third kappa shape index (κ3) is 4.77. The fraction of sp³-hybridized carbons (Fsp3) is 0.667. The molecule has 0 amide bonds. The topological polar surface area (TPSA) is 88.7 Å². The molecular weight excluding hydrogens is 462 g/mol. The molecule has 180 valence electrons. The van der Waals surface area contributed by atoms with Gasteiger partial charge in [-0.3, -0.25) is 14.5 Å². The number of aromatic nitrogens is 4. The normalized spacial score (nSPS) is 26.0. The lowest BCUT2D eigenvalue weighted by Gasteiger charge is -2.40. The van der Waals surface area contributed by atoms with Gasteiger partial charge in [0.15, 0.2) is 10.6 Å². The van der Waals surface area contributed by atoms with E-state index < -0.39 is 10.2 Å². The molecule has 2 aromatic rings. The number of hydrogen-bond acceptors (Lipinski definition) is 7. The maximum Gasteiger partial charge on any atom is 0.282 e. The summed E-state index contributed by atoms with van der Waals surface area (Å²) in [6.07, 6.45) is 5.61. The lowest BCUT2D eigenvalue weighted by molar-refractivity contribution is -0.0458. The molecule has 10 nitrogen and oxygen atoms in total. The highest BCUT2D eigenvalue weighted by molar-refractivity contribution is 7.86. The third-order valence-corrected chi connectivity index (χ3v) is 8.78. The van der Waals surface area contributed by atoms with Crippen molar-refractivity contribution in [1.29, 1.82) is 0 Å². The molecule has 3 aliphatic rings. The Morgan fingerprint density at radius 1 is 1.09 bits per heavy atom. The van der Waals surface area contributed by atoms with Crippen LogP contribution in [-0.2, 0) is 21.6 Å². The predicted octanol–water partition coefficient (Wildman–Crippen LogP) is 1.74. The Morgan fingerprint density at radius 3 is 2.39 bits per heavy atom. The molecule has 2 atom stereocenters. The molecule has 5 rings (SSSR count). The molecule has 12 heteroatoms. The van der Waals surface area contributed by atoms with E-state index in [2.05, 4.69) is 14.5 Å². The van der Waals surface area contributed by atoms with Crippen LogP contribution in [0.2, 0.25) is 0 Å². The van der Waals surface area contributed by atoms with E-state index in [0.29, 0.717) is 56.8 Å². The van der Waals surface area contributed by atoms with Gasteiger partial charge in [-0.25, -0.2) is 4.68 Å². The molecule has 1 aliphatic carbocycles. The maximum absolute atomic E-state index is 13.2. The Balaban J connectivity index is 1.27. The molecule has 4 heterocycles. The molecular formula is C21H31N7O3S2. The van der Waals surface area contributed by atoms with E-state index in [0.717, 1.165) is 24.2 Å². The van der Waals surface area contributed by atoms with Crippen molar-refractivity contribution in [3.05, 3.63) is 29.3 Å². The molecule has 2 unspecified atom stereocenters. The third-order valence-electron chi connectivity index (χ3n) is 6.41. The number of hydrogen-bond donors (Lipinski definition) is 0. The molecule has 33 heavy (non-hydrogen) atoms. The smallest absolute Gasteiger partial charge is 0.282 e. The van der Waals surface area contributed by atoms with Crippen LogP contribution in [-0.4, -0.2) is 92.7 Å². The summed E-state index contributed by atoms with van der Waals surface area (Å²) in [4.78, 5) is 6.45. The van der Waals surface area contributed by atoms with Crippen molar-refractivity contribution in [3.63, 3.8) is 0 Å². The van der Waals surface area contributed by atoms with Gasteiger partial charge in [0.25, 0.3) is 10.2 Å². The van der Waals surface area contributed by atoms with Gasteiger partial charge in [0, 0.05) is 63.3 Å². The van der Waals surface area contributed by atoms with Crippen LogP contribution in [0.3, 0.4) is 0 Å². The van der Waals surface area contributed by atoms with Gasteiger partial charge in [-0.05, 0) is 51.0 Å². The van der Waals surface area contributed by atoms with Gasteiger partial charge in [0.2, 0.25) is 0 Å². The van der Waals surface area contributed by atoms with Crippen LogP contribution >= 0.6 is 12.2 Å². The van der Waals surface area contributed by atoms with Crippen molar-refractivity contribution in [1.82, 2.24) is 32.8 Å². The highest BCUT2D eigenvalue weighted by Crippen LogP contribution is 2.38. The van der Waals surface area contributed by atoms with Crippen LogP contribution in [0.4, 0.5) is 0 Å². The van der Waals surface area contributed by atoms with Gasteiger partial charge in [-0.15, -0.1) is 0 Å². The lowest BCUT2D eigenvalue weighted by Crippen LogP contribution is -2.57. The summed E-state index contributed by atoms with van der Waals surface area (Å²) in [6, 6.07) is 4.32. The van der Waals surface area contributed by atoms with Crippen LogP contribution in [0.5, 0.6) is 0 Å². The average Bonchev–Trinajstić information content (AvgIpc) is 3.58. The minimum atomic E-state index is -3.49. The minimum Gasteiger partial charge on any atom is -0.373 e. The van der Waals surface area contributed by atoms with Gasteiger partial charge in [-0.2, -0.15) is 22.1 Å². The summed E-state index contributed by atoms with van der Waals surface area (Å²) >= 11 is 5.78. The van der Waals surface area contributed by atoms with Crippen molar-refractivity contribution in [3.8, 4) is 11.4 Å². The average molecular weight is 494 g/mol. The number of nitrogens with zero attached hydrogens (tertiary/aromatic N) is 7. The minimum absolute atomic E-state index is 0.0951. The Hall–Kier alpha value is -1.70.